The lowest BCUT2D eigenvalue weighted by molar-refractivity contribution is -0.115. The maximum atomic E-state index is 13.2. The van der Waals surface area contributed by atoms with E-state index in [2.05, 4.69) is 0 Å². The van der Waals surface area contributed by atoms with Crippen LogP contribution in [0.25, 0.3) is 0 Å². The molecule has 4 nitrogen and oxygen atoms in total. The number of anilines is 1. The number of ether oxygens (including phenoxy) is 1. The Kier molecular flexibility index (Phi) is 5.32. The van der Waals surface area contributed by atoms with E-state index in [4.69, 9.17) is 4.74 Å². The fraction of sp³-hybridized carbons (Fsp3) is 0.300. The number of carbonyl (C=O) groups is 2. The summed E-state index contributed by atoms with van der Waals surface area (Å²) in [5, 5.41) is -0.213. The average molecular weight is 373 g/mol. The van der Waals surface area contributed by atoms with E-state index in [0.717, 1.165) is 16.8 Å². The molecule has 0 spiro atoms. The van der Waals surface area contributed by atoms with E-state index in [1.807, 2.05) is 6.92 Å². The first-order chi connectivity index (χ1) is 12.4. The number of halogens is 1. The number of hydrogen-bond acceptors (Lipinski definition) is 4. The van der Waals surface area contributed by atoms with Gasteiger partial charge in [0.1, 0.15) is 11.2 Å². The van der Waals surface area contributed by atoms with Crippen molar-refractivity contribution in [3.8, 4) is 0 Å². The van der Waals surface area contributed by atoms with Crippen LogP contribution in [0.1, 0.15) is 40.7 Å². The molecule has 26 heavy (non-hydrogen) atoms. The number of nitrogens with zero attached hydrogens (tertiary/aromatic N) is 1. The van der Waals surface area contributed by atoms with Crippen molar-refractivity contribution in [2.75, 3.05) is 10.7 Å². The van der Waals surface area contributed by atoms with Gasteiger partial charge in [-0.15, -0.1) is 11.8 Å². The third-order valence-corrected chi connectivity index (χ3v) is 5.27. The van der Waals surface area contributed by atoms with Crippen molar-refractivity contribution < 1.29 is 18.7 Å². The number of amides is 1. The first-order valence-electron chi connectivity index (χ1n) is 8.37. The minimum Gasteiger partial charge on any atom is -0.459 e. The van der Waals surface area contributed by atoms with Gasteiger partial charge >= 0.3 is 5.97 Å². The molecule has 1 saturated heterocycles. The Balaban J connectivity index is 1.92. The molecule has 1 heterocycles. The van der Waals surface area contributed by atoms with E-state index in [-0.39, 0.29) is 29.2 Å². The predicted molar refractivity (Wildman–Crippen MR) is 101 cm³/mol. The van der Waals surface area contributed by atoms with Crippen molar-refractivity contribution in [1.82, 2.24) is 0 Å². The molecule has 1 amide bonds. The number of hydrogen-bond donors (Lipinski definition) is 0. The van der Waals surface area contributed by atoms with Gasteiger partial charge in [0.05, 0.1) is 17.4 Å². The van der Waals surface area contributed by atoms with Crippen LogP contribution in [0.2, 0.25) is 0 Å². The van der Waals surface area contributed by atoms with Gasteiger partial charge in [-0.1, -0.05) is 12.1 Å². The summed E-state index contributed by atoms with van der Waals surface area (Å²) in [6.45, 7) is 5.46. The van der Waals surface area contributed by atoms with E-state index >= 15 is 0 Å². The number of benzene rings is 2. The highest BCUT2D eigenvalue weighted by Crippen LogP contribution is 2.42. The van der Waals surface area contributed by atoms with Crippen LogP contribution in [-0.2, 0) is 9.53 Å². The summed E-state index contributed by atoms with van der Waals surface area (Å²) < 4.78 is 18.4. The van der Waals surface area contributed by atoms with Gasteiger partial charge < -0.3 is 4.74 Å². The lowest BCUT2D eigenvalue weighted by Crippen LogP contribution is -2.28. The normalized spacial score (nSPS) is 17.0. The minimum absolute atomic E-state index is 0.00932. The van der Waals surface area contributed by atoms with Crippen molar-refractivity contribution in [3.05, 3.63) is 65.0 Å². The van der Waals surface area contributed by atoms with Gasteiger partial charge in [-0.2, -0.15) is 0 Å². The summed E-state index contributed by atoms with van der Waals surface area (Å²) in [6, 6.07) is 11.4. The molecule has 0 N–H and O–H groups in total. The highest BCUT2D eigenvalue weighted by molar-refractivity contribution is 8.00. The maximum absolute atomic E-state index is 13.2. The molecule has 1 fully saturated rings. The summed E-state index contributed by atoms with van der Waals surface area (Å²) in [7, 11) is 0. The van der Waals surface area contributed by atoms with E-state index < -0.39 is 0 Å². The van der Waals surface area contributed by atoms with Crippen LogP contribution in [-0.4, -0.2) is 23.7 Å². The Morgan fingerprint density at radius 3 is 2.54 bits per heavy atom. The topological polar surface area (TPSA) is 46.6 Å². The summed E-state index contributed by atoms with van der Waals surface area (Å²) in [6.07, 6.45) is -0.193. The zero-order valence-corrected chi connectivity index (χ0v) is 15.7. The predicted octanol–water partition coefficient (Wildman–Crippen LogP) is 4.48. The molecule has 0 bridgehead atoms. The quantitative estimate of drug-likeness (QED) is 0.742. The molecular formula is C20H20FNO3S. The summed E-state index contributed by atoms with van der Waals surface area (Å²) >= 11 is 1.50. The third-order valence-electron chi connectivity index (χ3n) is 4.06. The molecule has 1 atom stereocenters. The molecule has 0 aliphatic carbocycles. The second-order valence-corrected chi connectivity index (χ2v) is 7.50. The molecule has 136 valence electrons. The van der Waals surface area contributed by atoms with Crippen LogP contribution in [0, 0.1) is 12.7 Å². The highest BCUT2D eigenvalue weighted by Gasteiger charge is 2.35. The van der Waals surface area contributed by atoms with Gasteiger partial charge in [0.2, 0.25) is 5.91 Å². The van der Waals surface area contributed by atoms with Crippen LogP contribution in [0.4, 0.5) is 10.1 Å². The molecule has 3 rings (SSSR count). The molecule has 1 aliphatic heterocycles. The number of rotatable bonds is 4. The number of thioether (sulfide) groups is 1. The van der Waals surface area contributed by atoms with Crippen molar-refractivity contribution >= 4 is 29.3 Å². The fourth-order valence-electron chi connectivity index (χ4n) is 2.89. The zero-order valence-electron chi connectivity index (χ0n) is 14.9. The zero-order chi connectivity index (χ0) is 18.8. The van der Waals surface area contributed by atoms with Crippen molar-refractivity contribution in [2.45, 2.75) is 32.2 Å². The number of aryl methyl sites for hydroxylation is 1. The lowest BCUT2D eigenvalue weighted by atomic mass is 10.1. The van der Waals surface area contributed by atoms with Crippen LogP contribution >= 0.6 is 11.8 Å². The molecule has 0 aromatic heterocycles. The molecule has 0 radical (unpaired) electrons. The Labute approximate surface area is 156 Å². The molecule has 1 aliphatic rings. The van der Waals surface area contributed by atoms with Gasteiger partial charge in [-0.3, -0.25) is 9.69 Å². The second kappa shape index (κ2) is 7.50. The first kappa shape index (κ1) is 18.5. The monoisotopic (exact) mass is 373 g/mol. The highest BCUT2D eigenvalue weighted by atomic mass is 32.2. The second-order valence-electron chi connectivity index (χ2n) is 6.43. The van der Waals surface area contributed by atoms with Crippen LogP contribution in [0.5, 0.6) is 0 Å². The van der Waals surface area contributed by atoms with Gasteiger partial charge in [0.15, 0.2) is 0 Å². The molecule has 6 heteroatoms. The van der Waals surface area contributed by atoms with Gasteiger partial charge in [0.25, 0.3) is 0 Å². The van der Waals surface area contributed by atoms with E-state index in [1.54, 1.807) is 49.1 Å². The first-order valence-corrected chi connectivity index (χ1v) is 9.42. The Morgan fingerprint density at radius 2 is 1.92 bits per heavy atom. The van der Waals surface area contributed by atoms with Crippen molar-refractivity contribution in [3.63, 3.8) is 0 Å². The SMILES string of the molecule is Cc1cc(C(=O)OC(C)C)ccc1N1C(=O)CSC1c1ccc(F)cc1. The number of esters is 1. The molecule has 1 unspecified atom stereocenters. The smallest absolute Gasteiger partial charge is 0.338 e. The van der Waals surface area contributed by atoms with Crippen molar-refractivity contribution in [1.29, 1.82) is 0 Å². The summed E-state index contributed by atoms with van der Waals surface area (Å²) in [4.78, 5) is 26.3. The summed E-state index contributed by atoms with van der Waals surface area (Å²) in [5.41, 5.74) is 2.88. The molecule has 0 saturated carbocycles. The van der Waals surface area contributed by atoms with Crippen LogP contribution < -0.4 is 4.90 Å². The largest absolute Gasteiger partial charge is 0.459 e. The Hall–Kier alpha value is -2.34. The Morgan fingerprint density at radius 1 is 1.23 bits per heavy atom. The maximum Gasteiger partial charge on any atom is 0.338 e. The standard InChI is InChI=1S/C20H20FNO3S/c1-12(2)25-20(24)15-6-9-17(13(3)10-15)22-18(23)11-26-19(22)14-4-7-16(21)8-5-14/h4-10,12,19H,11H2,1-3H3. The lowest BCUT2D eigenvalue weighted by Gasteiger charge is -2.26. The fourth-order valence-corrected chi connectivity index (χ4v) is 4.06. The molecule has 2 aromatic rings. The number of carbonyl (C=O) groups excluding carboxylic acids is 2. The van der Waals surface area contributed by atoms with Gasteiger partial charge in [0, 0.05) is 5.69 Å². The van der Waals surface area contributed by atoms with Gasteiger partial charge in [-0.25, -0.2) is 9.18 Å². The van der Waals surface area contributed by atoms with E-state index in [0.29, 0.717) is 11.3 Å². The van der Waals surface area contributed by atoms with Gasteiger partial charge in [-0.05, 0) is 62.2 Å². The Bertz CT molecular complexity index is 835. The average Bonchev–Trinajstić information content (AvgIpc) is 2.96. The van der Waals surface area contributed by atoms with Crippen LogP contribution in [0.15, 0.2) is 42.5 Å². The van der Waals surface area contributed by atoms with Crippen LogP contribution in [0.3, 0.4) is 0 Å². The third kappa shape index (κ3) is 3.75. The molecular weight excluding hydrogens is 353 g/mol. The van der Waals surface area contributed by atoms with E-state index in [9.17, 15) is 14.0 Å². The minimum atomic E-state index is -0.383. The summed E-state index contributed by atoms with van der Waals surface area (Å²) in [5.74, 6) is -0.339. The van der Waals surface area contributed by atoms with E-state index in [1.165, 1.54) is 23.9 Å². The molecule has 2 aromatic carbocycles. The van der Waals surface area contributed by atoms with Crippen molar-refractivity contribution in [2.24, 2.45) is 0 Å².